The van der Waals surface area contributed by atoms with E-state index in [9.17, 15) is 9.59 Å². The fraction of sp³-hybridized carbons (Fsp3) is 0.467. The minimum atomic E-state index is -0.318. The van der Waals surface area contributed by atoms with Crippen molar-refractivity contribution in [2.24, 2.45) is 0 Å². The Morgan fingerprint density at radius 2 is 2.00 bits per heavy atom. The molecule has 1 aromatic rings. The van der Waals surface area contributed by atoms with Crippen molar-refractivity contribution in [3.63, 3.8) is 0 Å². The molecule has 0 unspecified atom stereocenters. The number of morpholine rings is 1. The molecule has 1 saturated heterocycles. The summed E-state index contributed by atoms with van der Waals surface area (Å²) in [6, 6.07) is 7.25. The first-order chi connectivity index (χ1) is 10.6. The third-order valence-electron chi connectivity index (χ3n) is 3.28. The van der Waals surface area contributed by atoms with Gasteiger partial charge in [-0.15, -0.1) is 0 Å². The summed E-state index contributed by atoms with van der Waals surface area (Å²) >= 11 is 3.33. The molecule has 120 valence electrons. The first-order valence-electron chi connectivity index (χ1n) is 7.26. The van der Waals surface area contributed by atoms with Crippen LogP contribution in [0.1, 0.15) is 6.42 Å². The predicted molar refractivity (Wildman–Crippen MR) is 87.7 cm³/mol. The van der Waals surface area contributed by atoms with Crippen LogP contribution in [0.4, 0.5) is 5.69 Å². The number of benzene rings is 1. The molecule has 1 aliphatic heterocycles. The lowest BCUT2D eigenvalue weighted by molar-refractivity contribution is -0.126. The molecule has 1 aliphatic rings. The number of nitrogens with zero attached hydrogens (tertiary/aromatic N) is 1. The third-order valence-corrected chi connectivity index (χ3v) is 3.78. The lowest BCUT2D eigenvalue weighted by atomic mass is 10.3. The van der Waals surface area contributed by atoms with Crippen LogP contribution in [0.3, 0.4) is 0 Å². The Kier molecular flexibility index (Phi) is 6.82. The van der Waals surface area contributed by atoms with Crippen molar-refractivity contribution in [3.05, 3.63) is 28.7 Å². The van der Waals surface area contributed by atoms with Crippen LogP contribution in [0, 0.1) is 0 Å². The number of carbonyl (C=O) groups excluding carboxylic acids is 2. The van der Waals surface area contributed by atoms with Gasteiger partial charge in [-0.05, 0) is 18.2 Å². The molecule has 2 rings (SSSR count). The summed E-state index contributed by atoms with van der Waals surface area (Å²) in [5, 5.41) is 5.46. The van der Waals surface area contributed by atoms with Gasteiger partial charge in [-0.3, -0.25) is 14.5 Å². The number of nitrogens with one attached hydrogen (secondary N) is 2. The Labute approximate surface area is 138 Å². The molecule has 0 bridgehead atoms. The predicted octanol–water partition coefficient (Wildman–Crippen LogP) is 1.23. The van der Waals surface area contributed by atoms with Crippen LogP contribution in [0.5, 0.6) is 0 Å². The molecular weight excluding hydrogens is 350 g/mol. The molecule has 0 aromatic heterocycles. The minimum Gasteiger partial charge on any atom is -0.379 e. The molecule has 1 fully saturated rings. The lowest BCUT2D eigenvalue weighted by Gasteiger charge is -2.26. The van der Waals surface area contributed by atoms with Gasteiger partial charge in [-0.1, -0.05) is 22.0 Å². The van der Waals surface area contributed by atoms with Gasteiger partial charge >= 0.3 is 0 Å². The van der Waals surface area contributed by atoms with Crippen molar-refractivity contribution in [1.29, 1.82) is 0 Å². The molecule has 2 N–H and O–H groups in total. The van der Waals surface area contributed by atoms with E-state index in [1.807, 2.05) is 12.1 Å². The zero-order valence-corrected chi connectivity index (χ0v) is 13.9. The zero-order valence-electron chi connectivity index (χ0n) is 12.3. The standard InChI is InChI=1S/C15H20BrN3O3/c16-12-2-1-3-13(10-12)18-15(21)11-14(20)17-4-5-19-6-8-22-9-7-19/h1-3,10H,4-9,11H2,(H,17,20)(H,18,21). The van der Waals surface area contributed by atoms with Gasteiger partial charge in [0.15, 0.2) is 0 Å². The highest BCUT2D eigenvalue weighted by atomic mass is 79.9. The number of ether oxygens (including phenoxy) is 1. The number of amides is 2. The van der Waals surface area contributed by atoms with Crippen molar-refractivity contribution in [2.75, 3.05) is 44.7 Å². The minimum absolute atomic E-state index is 0.171. The highest BCUT2D eigenvalue weighted by Gasteiger charge is 2.12. The van der Waals surface area contributed by atoms with Crippen LogP contribution in [0.2, 0.25) is 0 Å². The number of carbonyl (C=O) groups is 2. The van der Waals surface area contributed by atoms with E-state index in [1.54, 1.807) is 12.1 Å². The van der Waals surface area contributed by atoms with Crippen LogP contribution in [0.15, 0.2) is 28.7 Å². The number of hydrogen-bond donors (Lipinski definition) is 2. The van der Waals surface area contributed by atoms with E-state index >= 15 is 0 Å². The molecule has 1 aromatic carbocycles. The second-order valence-corrected chi connectivity index (χ2v) is 5.95. The van der Waals surface area contributed by atoms with Crippen molar-refractivity contribution in [1.82, 2.24) is 10.2 Å². The summed E-state index contributed by atoms with van der Waals surface area (Å²) in [5.74, 6) is -0.581. The number of halogens is 1. The van der Waals surface area contributed by atoms with Crippen LogP contribution < -0.4 is 10.6 Å². The van der Waals surface area contributed by atoms with Crippen LogP contribution in [-0.2, 0) is 14.3 Å². The van der Waals surface area contributed by atoms with E-state index in [0.717, 1.165) is 37.3 Å². The first-order valence-corrected chi connectivity index (χ1v) is 8.05. The number of hydrogen-bond acceptors (Lipinski definition) is 4. The topological polar surface area (TPSA) is 70.7 Å². The molecule has 2 amide bonds. The zero-order chi connectivity index (χ0) is 15.8. The second-order valence-electron chi connectivity index (χ2n) is 5.04. The van der Waals surface area contributed by atoms with Gasteiger partial charge in [0.05, 0.1) is 13.2 Å². The maximum Gasteiger partial charge on any atom is 0.233 e. The molecule has 0 spiro atoms. The van der Waals surface area contributed by atoms with Gasteiger partial charge in [0.1, 0.15) is 6.42 Å². The van der Waals surface area contributed by atoms with E-state index in [4.69, 9.17) is 4.74 Å². The fourth-order valence-corrected chi connectivity index (χ4v) is 2.56. The average molecular weight is 370 g/mol. The molecular formula is C15H20BrN3O3. The Morgan fingerprint density at radius 1 is 1.23 bits per heavy atom. The summed E-state index contributed by atoms with van der Waals surface area (Å²) in [6.07, 6.45) is -0.171. The lowest BCUT2D eigenvalue weighted by Crippen LogP contribution is -2.41. The van der Waals surface area contributed by atoms with Crippen molar-refractivity contribution in [2.45, 2.75) is 6.42 Å². The summed E-state index contributed by atoms with van der Waals surface area (Å²) < 4.78 is 6.13. The second kappa shape index (κ2) is 8.87. The van der Waals surface area contributed by atoms with Gasteiger partial charge in [0.2, 0.25) is 11.8 Å². The van der Waals surface area contributed by atoms with Crippen LogP contribution in [0.25, 0.3) is 0 Å². The molecule has 7 heteroatoms. The Morgan fingerprint density at radius 3 is 2.73 bits per heavy atom. The molecule has 0 aliphatic carbocycles. The van der Waals surface area contributed by atoms with Gasteiger partial charge in [-0.2, -0.15) is 0 Å². The molecule has 0 saturated carbocycles. The maximum atomic E-state index is 11.8. The first kappa shape index (κ1) is 16.9. The monoisotopic (exact) mass is 369 g/mol. The van der Waals surface area contributed by atoms with Gasteiger partial charge in [0.25, 0.3) is 0 Å². The summed E-state index contributed by atoms with van der Waals surface area (Å²) in [4.78, 5) is 25.7. The summed E-state index contributed by atoms with van der Waals surface area (Å²) in [6.45, 7) is 4.58. The fourth-order valence-electron chi connectivity index (χ4n) is 2.16. The van der Waals surface area contributed by atoms with E-state index < -0.39 is 0 Å². The SMILES string of the molecule is O=C(CC(=O)Nc1cccc(Br)c1)NCCN1CCOCC1. The van der Waals surface area contributed by atoms with Gasteiger partial charge < -0.3 is 15.4 Å². The highest BCUT2D eigenvalue weighted by Crippen LogP contribution is 2.15. The number of rotatable bonds is 6. The van der Waals surface area contributed by atoms with E-state index in [1.165, 1.54) is 0 Å². The smallest absolute Gasteiger partial charge is 0.233 e. The third kappa shape index (κ3) is 6.13. The normalized spacial score (nSPS) is 15.3. The number of anilines is 1. The van der Waals surface area contributed by atoms with E-state index in [-0.39, 0.29) is 18.2 Å². The Bertz CT molecular complexity index is 519. The Hall–Kier alpha value is -1.44. The molecule has 1 heterocycles. The largest absolute Gasteiger partial charge is 0.379 e. The van der Waals surface area contributed by atoms with Crippen LogP contribution >= 0.6 is 15.9 Å². The average Bonchev–Trinajstić information content (AvgIpc) is 2.48. The van der Waals surface area contributed by atoms with E-state index in [0.29, 0.717) is 12.2 Å². The molecule has 22 heavy (non-hydrogen) atoms. The van der Waals surface area contributed by atoms with E-state index in [2.05, 4.69) is 31.5 Å². The molecule has 0 radical (unpaired) electrons. The quantitative estimate of drug-likeness (QED) is 0.739. The van der Waals surface area contributed by atoms with Gasteiger partial charge in [-0.25, -0.2) is 0 Å². The maximum absolute atomic E-state index is 11.8. The summed E-state index contributed by atoms with van der Waals surface area (Å²) in [7, 11) is 0. The van der Waals surface area contributed by atoms with Crippen molar-refractivity contribution >= 4 is 33.4 Å². The molecule has 0 atom stereocenters. The highest BCUT2D eigenvalue weighted by molar-refractivity contribution is 9.10. The van der Waals surface area contributed by atoms with Gasteiger partial charge in [0, 0.05) is 36.3 Å². The summed E-state index contributed by atoms with van der Waals surface area (Å²) in [5.41, 5.74) is 0.667. The Balaban J connectivity index is 1.64. The molecule has 6 nitrogen and oxygen atoms in total. The van der Waals surface area contributed by atoms with Crippen LogP contribution in [-0.4, -0.2) is 56.1 Å². The van der Waals surface area contributed by atoms with Crippen molar-refractivity contribution in [3.8, 4) is 0 Å². The van der Waals surface area contributed by atoms with Crippen molar-refractivity contribution < 1.29 is 14.3 Å².